The van der Waals surface area contributed by atoms with Gasteiger partial charge in [0.25, 0.3) is 0 Å². The lowest BCUT2D eigenvalue weighted by atomic mass is 10.1. The number of hydrogen-bond donors (Lipinski definition) is 1. The average molecular weight is 240 g/mol. The van der Waals surface area contributed by atoms with Gasteiger partial charge in [-0.1, -0.05) is 0 Å². The summed E-state index contributed by atoms with van der Waals surface area (Å²) in [5.41, 5.74) is 1.20. The van der Waals surface area contributed by atoms with Crippen LogP contribution in [0.5, 0.6) is 0 Å². The molecule has 90 valence electrons. The number of aryl methyl sites for hydroxylation is 2. The average Bonchev–Trinajstić information content (AvgIpc) is 2.84. The Hall–Kier alpha value is -0.450. The minimum absolute atomic E-state index is 0.726. The van der Waals surface area contributed by atoms with Gasteiger partial charge in [0.05, 0.1) is 17.3 Å². The third-order valence-electron chi connectivity index (χ3n) is 2.99. The molecule has 1 atom stereocenters. The zero-order valence-electron chi connectivity index (χ0n) is 10.1. The first kappa shape index (κ1) is 12.0. The summed E-state index contributed by atoms with van der Waals surface area (Å²) in [6, 6.07) is 0. The number of nitrogens with one attached hydrogen (secondary N) is 1. The van der Waals surface area contributed by atoms with Gasteiger partial charge in [-0.15, -0.1) is 11.3 Å². The highest BCUT2D eigenvalue weighted by Gasteiger charge is 2.14. The molecule has 16 heavy (non-hydrogen) atoms. The van der Waals surface area contributed by atoms with Crippen molar-refractivity contribution in [3.63, 3.8) is 0 Å². The van der Waals surface area contributed by atoms with Gasteiger partial charge >= 0.3 is 0 Å². The third-order valence-corrected chi connectivity index (χ3v) is 4.12. The summed E-state index contributed by atoms with van der Waals surface area (Å²) in [4.78, 5) is 5.86. The van der Waals surface area contributed by atoms with Crippen LogP contribution in [0.25, 0.3) is 0 Å². The van der Waals surface area contributed by atoms with Crippen molar-refractivity contribution in [3.8, 4) is 0 Å². The lowest BCUT2D eigenvalue weighted by Gasteiger charge is -2.08. The van der Waals surface area contributed by atoms with E-state index in [0.717, 1.165) is 38.6 Å². The van der Waals surface area contributed by atoms with Gasteiger partial charge < -0.3 is 10.1 Å². The Labute approximate surface area is 101 Å². The molecule has 1 unspecified atom stereocenters. The summed E-state index contributed by atoms with van der Waals surface area (Å²) < 4.78 is 5.35. The van der Waals surface area contributed by atoms with Crippen molar-refractivity contribution in [1.82, 2.24) is 10.3 Å². The predicted octanol–water partition coefficient (Wildman–Crippen LogP) is 1.93. The van der Waals surface area contributed by atoms with Gasteiger partial charge in [0, 0.05) is 24.6 Å². The molecule has 1 aliphatic rings. The zero-order valence-corrected chi connectivity index (χ0v) is 10.9. The highest BCUT2D eigenvalue weighted by molar-refractivity contribution is 7.11. The van der Waals surface area contributed by atoms with Crippen molar-refractivity contribution in [2.75, 3.05) is 26.3 Å². The van der Waals surface area contributed by atoms with E-state index in [-0.39, 0.29) is 0 Å². The van der Waals surface area contributed by atoms with E-state index in [2.05, 4.69) is 24.1 Å². The summed E-state index contributed by atoms with van der Waals surface area (Å²) in [5, 5.41) is 4.69. The van der Waals surface area contributed by atoms with Crippen LogP contribution in [-0.2, 0) is 11.2 Å². The van der Waals surface area contributed by atoms with Crippen LogP contribution >= 0.6 is 11.3 Å². The Kier molecular flexibility index (Phi) is 4.32. The molecular weight excluding hydrogens is 220 g/mol. The molecule has 0 amide bonds. The van der Waals surface area contributed by atoms with Crippen LogP contribution < -0.4 is 5.32 Å². The van der Waals surface area contributed by atoms with Gasteiger partial charge in [-0.05, 0) is 32.6 Å². The molecule has 1 aliphatic heterocycles. The zero-order chi connectivity index (χ0) is 11.4. The first-order valence-corrected chi connectivity index (χ1v) is 6.78. The molecule has 4 heteroatoms. The van der Waals surface area contributed by atoms with E-state index in [1.807, 2.05) is 11.3 Å². The highest BCUT2D eigenvalue weighted by atomic mass is 32.1. The largest absolute Gasteiger partial charge is 0.381 e. The minimum atomic E-state index is 0.726. The Morgan fingerprint density at radius 1 is 1.50 bits per heavy atom. The number of aromatic nitrogens is 1. The fourth-order valence-electron chi connectivity index (χ4n) is 2.06. The van der Waals surface area contributed by atoms with Crippen LogP contribution in [0.4, 0.5) is 0 Å². The van der Waals surface area contributed by atoms with Crippen molar-refractivity contribution in [3.05, 3.63) is 15.6 Å². The topological polar surface area (TPSA) is 34.2 Å². The molecule has 0 radical (unpaired) electrons. The molecule has 1 N–H and O–H groups in total. The van der Waals surface area contributed by atoms with Gasteiger partial charge in [-0.2, -0.15) is 0 Å². The Morgan fingerprint density at radius 3 is 3.00 bits per heavy atom. The summed E-state index contributed by atoms with van der Waals surface area (Å²) in [5.74, 6) is 0.726. The molecule has 0 saturated carbocycles. The van der Waals surface area contributed by atoms with Crippen molar-refractivity contribution >= 4 is 11.3 Å². The number of thiazole rings is 1. The van der Waals surface area contributed by atoms with Crippen molar-refractivity contribution in [2.24, 2.45) is 5.92 Å². The molecule has 1 aromatic rings. The van der Waals surface area contributed by atoms with Crippen LogP contribution in [0.15, 0.2) is 0 Å². The standard InChI is InChI=1S/C12H20N2OS/c1-9-12(16-10(2)14-9)3-5-13-7-11-4-6-15-8-11/h11,13H,3-8H2,1-2H3. The lowest BCUT2D eigenvalue weighted by Crippen LogP contribution is -2.25. The molecule has 0 spiro atoms. The van der Waals surface area contributed by atoms with E-state index in [0.29, 0.717) is 0 Å². The van der Waals surface area contributed by atoms with Crippen molar-refractivity contribution in [2.45, 2.75) is 26.7 Å². The second-order valence-corrected chi connectivity index (χ2v) is 5.71. The second-order valence-electron chi connectivity index (χ2n) is 4.43. The molecule has 0 aromatic carbocycles. The van der Waals surface area contributed by atoms with Gasteiger partial charge in [0.15, 0.2) is 0 Å². The van der Waals surface area contributed by atoms with Gasteiger partial charge in [-0.25, -0.2) is 4.98 Å². The fraction of sp³-hybridized carbons (Fsp3) is 0.750. The Morgan fingerprint density at radius 2 is 2.38 bits per heavy atom. The SMILES string of the molecule is Cc1nc(C)c(CCNCC2CCOC2)s1. The first-order chi connectivity index (χ1) is 7.75. The molecule has 2 heterocycles. The van der Waals surface area contributed by atoms with Crippen LogP contribution in [0.3, 0.4) is 0 Å². The van der Waals surface area contributed by atoms with Gasteiger partial charge in [0.1, 0.15) is 0 Å². The Balaban J connectivity index is 1.65. The maximum Gasteiger partial charge on any atom is 0.0900 e. The number of ether oxygens (including phenoxy) is 1. The van der Waals surface area contributed by atoms with Crippen LogP contribution in [0.1, 0.15) is 22.0 Å². The van der Waals surface area contributed by atoms with E-state index in [4.69, 9.17) is 4.74 Å². The summed E-state index contributed by atoms with van der Waals surface area (Å²) in [6.45, 7) is 8.20. The van der Waals surface area contributed by atoms with Crippen LogP contribution in [0, 0.1) is 19.8 Å². The van der Waals surface area contributed by atoms with Crippen LogP contribution in [0.2, 0.25) is 0 Å². The number of hydrogen-bond acceptors (Lipinski definition) is 4. The molecule has 1 fully saturated rings. The number of nitrogens with zero attached hydrogens (tertiary/aromatic N) is 1. The highest BCUT2D eigenvalue weighted by Crippen LogP contribution is 2.17. The van der Waals surface area contributed by atoms with E-state index in [1.54, 1.807) is 0 Å². The van der Waals surface area contributed by atoms with E-state index < -0.39 is 0 Å². The quantitative estimate of drug-likeness (QED) is 0.799. The summed E-state index contributed by atoms with van der Waals surface area (Å²) in [7, 11) is 0. The van der Waals surface area contributed by atoms with Crippen molar-refractivity contribution < 1.29 is 4.74 Å². The molecule has 1 saturated heterocycles. The minimum Gasteiger partial charge on any atom is -0.381 e. The van der Waals surface area contributed by atoms with E-state index in [1.165, 1.54) is 22.0 Å². The maximum atomic E-state index is 5.35. The van der Waals surface area contributed by atoms with E-state index >= 15 is 0 Å². The maximum absolute atomic E-state index is 5.35. The third kappa shape index (κ3) is 3.27. The molecule has 0 bridgehead atoms. The van der Waals surface area contributed by atoms with Crippen LogP contribution in [-0.4, -0.2) is 31.3 Å². The second kappa shape index (κ2) is 5.75. The fourth-order valence-corrected chi connectivity index (χ4v) is 2.99. The van der Waals surface area contributed by atoms with Gasteiger partial charge in [0.2, 0.25) is 0 Å². The Bertz CT molecular complexity index is 332. The molecular formula is C12H20N2OS. The lowest BCUT2D eigenvalue weighted by molar-refractivity contribution is 0.185. The predicted molar refractivity (Wildman–Crippen MR) is 67.1 cm³/mol. The number of rotatable bonds is 5. The molecule has 3 nitrogen and oxygen atoms in total. The molecule has 2 rings (SSSR count). The smallest absolute Gasteiger partial charge is 0.0900 e. The summed E-state index contributed by atoms with van der Waals surface area (Å²) in [6.07, 6.45) is 2.32. The summed E-state index contributed by atoms with van der Waals surface area (Å²) >= 11 is 1.82. The van der Waals surface area contributed by atoms with E-state index in [9.17, 15) is 0 Å². The molecule has 0 aliphatic carbocycles. The monoisotopic (exact) mass is 240 g/mol. The normalized spacial score (nSPS) is 20.5. The first-order valence-electron chi connectivity index (χ1n) is 5.97. The van der Waals surface area contributed by atoms with Gasteiger partial charge in [-0.3, -0.25) is 0 Å². The molecule has 1 aromatic heterocycles. The van der Waals surface area contributed by atoms with Crippen molar-refractivity contribution in [1.29, 1.82) is 0 Å².